The van der Waals surface area contributed by atoms with Crippen LogP contribution in [0.4, 0.5) is 0 Å². The molecule has 0 N–H and O–H groups in total. The van der Waals surface area contributed by atoms with Gasteiger partial charge in [-0.2, -0.15) is 0 Å². The minimum absolute atomic E-state index is 0.474. The second kappa shape index (κ2) is 5.15. The highest BCUT2D eigenvalue weighted by Crippen LogP contribution is 2.47. The molecule has 21 heavy (non-hydrogen) atoms. The van der Waals surface area contributed by atoms with Crippen molar-refractivity contribution >= 4 is 11.6 Å². The van der Waals surface area contributed by atoms with Gasteiger partial charge in [-0.05, 0) is 55.3 Å². The molecule has 2 aliphatic rings. The zero-order valence-corrected chi connectivity index (χ0v) is 13.1. The van der Waals surface area contributed by atoms with Crippen LogP contribution in [0, 0.1) is 0 Å². The van der Waals surface area contributed by atoms with E-state index in [1.54, 1.807) is 5.56 Å². The number of rotatable bonds is 1. The average molecular weight is 298 g/mol. The Morgan fingerprint density at radius 1 is 1.05 bits per heavy atom. The summed E-state index contributed by atoms with van der Waals surface area (Å²) in [7, 11) is 2.27. The van der Waals surface area contributed by atoms with Gasteiger partial charge in [0.15, 0.2) is 0 Å². The molecule has 0 radical (unpaired) electrons. The number of benzene rings is 2. The van der Waals surface area contributed by atoms with Crippen molar-refractivity contribution in [2.45, 2.75) is 30.7 Å². The third-order valence-electron chi connectivity index (χ3n) is 5.32. The number of likely N-dealkylation sites (N-methyl/N-ethyl adjacent to an activating group) is 1. The smallest absolute Gasteiger partial charge is 0.0408 e. The summed E-state index contributed by atoms with van der Waals surface area (Å²) in [5.41, 5.74) is 4.42. The molecule has 4 rings (SSSR count). The van der Waals surface area contributed by atoms with Crippen LogP contribution in [0.3, 0.4) is 0 Å². The molecule has 1 aliphatic heterocycles. The van der Waals surface area contributed by atoms with Gasteiger partial charge >= 0.3 is 0 Å². The summed E-state index contributed by atoms with van der Waals surface area (Å²) in [6, 6.07) is 18.1. The molecule has 0 saturated carbocycles. The van der Waals surface area contributed by atoms with Crippen molar-refractivity contribution in [3.63, 3.8) is 0 Å². The van der Waals surface area contributed by atoms with Crippen LogP contribution in [-0.2, 0) is 0 Å². The highest BCUT2D eigenvalue weighted by Gasteiger charge is 2.40. The van der Waals surface area contributed by atoms with E-state index in [0.29, 0.717) is 17.9 Å². The summed E-state index contributed by atoms with van der Waals surface area (Å²) < 4.78 is 0. The lowest BCUT2D eigenvalue weighted by Crippen LogP contribution is -2.34. The molecule has 2 heteroatoms. The molecule has 1 aliphatic carbocycles. The number of hydrogen-bond donors (Lipinski definition) is 0. The van der Waals surface area contributed by atoms with Crippen molar-refractivity contribution in [2.75, 3.05) is 13.6 Å². The lowest BCUT2D eigenvalue weighted by Gasteiger charge is -2.37. The minimum Gasteiger partial charge on any atom is -0.303 e. The zero-order chi connectivity index (χ0) is 14.4. The highest BCUT2D eigenvalue weighted by molar-refractivity contribution is 6.30. The predicted molar refractivity (Wildman–Crippen MR) is 88.1 cm³/mol. The molecule has 0 bridgehead atoms. The van der Waals surface area contributed by atoms with Gasteiger partial charge in [0.1, 0.15) is 0 Å². The third kappa shape index (κ3) is 2.20. The van der Waals surface area contributed by atoms with E-state index in [9.17, 15) is 0 Å². The van der Waals surface area contributed by atoms with Gasteiger partial charge < -0.3 is 4.90 Å². The van der Waals surface area contributed by atoms with Crippen LogP contribution in [0.2, 0.25) is 5.02 Å². The summed E-state index contributed by atoms with van der Waals surface area (Å²) >= 11 is 6.22. The van der Waals surface area contributed by atoms with Crippen LogP contribution in [0.5, 0.6) is 0 Å². The first kappa shape index (κ1) is 13.4. The van der Waals surface area contributed by atoms with Crippen molar-refractivity contribution in [1.82, 2.24) is 4.90 Å². The van der Waals surface area contributed by atoms with E-state index >= 15 is 0 Å². The number of likely N-dealkylation sites (tertiary alicyclic amines) is 1. The molecule has 2 aromatic carbocycles. The van der Waals surface area contributed by atoms with Crippen LogP contribution in [0.25, 0.3) is 0 Å². The fourth-order valence-corrected chi connectivity index (χ4v) is 4.49. The summed E-state index contributed by atoms with van der Waals surface area (Å²) in [6.45, 7) is 1.21. The lowest BCUT2D eigenvalue weighted by molar-refractivity contribution is 0.265. The van der Waals surface area contributed by atoms with Crippen molar-refractivity contribution in [3.8, 4) is 0 Å². The number of fused-ring (bicyclic) bond motifs is 3. The predicted octanol–water partition coefficient (Wildman–Crippen LogP) is 4.66. The largest absolute Gasteiger partial charge is 0.303 e. The van der Waals surface area contributed by atoms with Gasteiger partial charge in [0.25, 0.3) is 0 Å². The summed E-state index contributed by atoms with van der Waals surface area (Å²) in [6.07, 6.45) is 2.50. The van der Waals surface area contributed by atoms with Crippen LogP contribution in [0.1, 0.15) is 41.4 Å². The maximum absolute atomic E-state index is 6.22. The molecule has 1 saturated heterocycles. The zero-order valence-electron chi connectivity index (χ0n) is 12.3. The lowest BCUT2D eigenvalue weighted by atomic mass is 9.71. The second-order valence-corrected chi connectivity index (χ2v) is 6.85. The summed E-state index contributed by atoms with van der Waals surface area (Å²) in [5.74, 6) is 1.18. The Balaban J connectivity index is 1.83. The van der Waals surface area contributed by atoms with Gasteiger partial charge in [-0.3, -0.25) is 0 Å². The normalized spacial score (nSPS) is 28.2. The Hall–Kier alpha value is -1.31. The van der Waals surface area contributed by atoms with E-state index in [1.807, 2.05) is 6.07 Å². The maximum Gasteiger partial charge on any atom is 0.0408 e. The topological polar surface area (TPSA) is 3.24 Å². The molecule has 0 aromatic heterocycles. The summed E-state index contributed by atoms with van der Waals surface area (Å²) in [4.78, 5) is 2.54. The van der Waals surface area contributed by atoms with E-state index in [2.05, 4.69) is 54.4 Å². The standard InChI is InChI=1S/C19H20ClN/c1-21-10-9-17-15-7-2-3-8-16(15)18(12-19(17)21)13-5-4-6-14(20)11-13/h2-8,11,17-19H,9-10,12H2,1H3/t17-,18-,19-/m1/s1. The Labute approximate surface area is 131 Å². The first-order valence-corrected chi connectivity index (χ1v) is 8.16. The van der Waals surface area contributed by atoms with E-state index in [1.165, 1.54) is 30.5 Å². The monoisotopic (exact) mass is 297 g/mol. The maximum atomic E-state index is 6.22. The van der Waals surface area contributed by atoms with Crippen molar-refractivity contribution < 1.29 is 0 Å². The molecule has 0 amide bonds. The van der Waals surface area contributed by atoms with Crippen molar-refractivity contribution in [2.24, 2.45) is 0 Å². The number of nitrogens with zero attached hydrogens (tertiary/aromatic N) is 1. The SMILES string of the molecule is CN1CC[C@@H]2c3ccccc3[C@@H](c3cccc(Cl)c3)C[C@H]21. The average Bonchev–Trinajstić information content (AvgIpc) is 2.88. The molecular formula is C19H20ClN. The van der Waals surface area contributed by atoms with Gasteiger partial charge in [0.2, 0.25) is 0 Å². The van der Waals surface area contributed by atoms with E-state index < -0.39 is 0 Å². The molecule has 1 heterocycles. The minimum atomic E-state index is 0.474. The van der Waals surface area contributed by atoms with Gasteiger partial charge in [-0.15, -0.1) is 0 Å². The molecule has 3 atom stereocenters. The quantitative estimate of drug-likeness (QED) is 0.740. The molecule has 108 valence electrons. The highest BCUT2D eigenvalue weighted by atomic mass is 35.5. The van der Waals surface area contributed by atoms with E-state index in [0.717, 1.165) is 5.02 Å². The summed E-state index contributed by atoms with van der Waals surface area (Å²) in [5, 5.41) is 0.840. The Morgan fingerprint density at radius 2 is 1.86 bits per heavy atom. The molecular weight excluding hydrogens is 278 g/mol. The van der Waals surface area contributed by atoms with Gasteiger partial charge in [0.05, 0.1) is 0 Å². The number of hydrogen-bond acceptors (Lipinski definition) is 1. The van der Waals surface area contributed by atoms with Crippen LogP contribution in [0.15, 0.2) is 48.5 Å². The van der Waals surface area contributed by atoms with Gasteiger partial charge in [-0.1, -0.05) is 48.0 Å². The van der Waals surface area contributed by atoms with Gasteiger partial charge in [0, 0.05) is 22.9 Å². The van der Waals surface area contributed by atoms with Crippen molar-refractivity contribution in [1.29, 1.82) is 0 Å². The first-order valence-electron chi connectivity index (χ1n) is 7.78. The Kier molecular flexibility index (Phi) is 3.28. The molecule has 1 nitrogen and oxygen atoms in total. The fourth-order valence-electron chi connectivity index (χ4n) is 4.29. The third-order valence-corrected chi connectivity index (χ3v) is 5.56. The van der Waals surface area contributed by atoms with Crippen molar-refractivity contribution in [3.05, 3.63) is 70.2 Å². The van der Waals surface area contributed by atoms with E-state index in [-0.39, 0.29) is 0 Å². The molecule has 0 unspecified atom stereocenters. The van der Waals surface area contributed by atoms with Crippen LogP contribution >= 0.6 is 11.6 Å². The first-order chi connectivity index (χ1) is 10.2. The van der Waals surface area contributed by atoms with Gasteiger partial charge in [-0.25, -0.2) is 0 Å². The van der Waals surface area contributed by atoms with Crippen LogP contribution < -0.4 is 0 Å². The number of halogens is 1. The van der Waals surface area contributed by atoms with Crippen LogP contribution in [-0.4, -0.2) is 24.5 Å². The Bertz CT molecular complexity index is 666. The fraction of sp³-hybridized carbons (Fsp3) is 0.368. The second-order valence-electron chi connectivity index (χ2n) is 6.42. The van der Waals surface area contributed by atoms with E-state index in [4.69, 9.17) is 11.6 Å². The molecule has 2 aromatic rings. The molecule has 1 fully saturated rings. The Morgan fingerprint density at radius 3 is 2.67 bits per heavy atom. The molecule has 0 spiro atoms.